The van der Waals surface area contributed by atoms with Crippen LogP contribution < -0.4 is 0 Å². The lowest BCUT2D eigenvalue weighted by Crippen LogP contribution is -2.30. The van der Waals surface area contributed by atoms with Crippen LogP contribution in [0.15, 0.2) is 21.2 Å². The van der Waals surface area contributed by atoms with Crippen LogP contribution in [-0.2, 0) is 11.2 Å². The smallest absolute Gasteiger partial charge is 0.169 e. The van der Waals surface area contributed by atoms with E-state index in [2.05, 4.69) is 15.9 Å². The third kappa shape index (κ3) is 2.48. The average Bonchev–Trinajstić information content (AvgIpc) is 2.76. The van der Waals surface area contributed by atoms with Crippen molar-refractivity contribution in [1.82, 2.24) is 0 Å². The molecule has 1 atom stereocenters. The van der Waals surface area contributed by atoms with Crippen molar-refractivity contribution in [1.29, 1.82) is 0 Å². The molecule has 0 amide bonds. The first-order valence-corrected chi connectivity index (χ1v) is 6.79. The first-order chi connectivity index (χ1) is 7.10. The molecule has 1 aliphatic rings. The van der Waals surface area contributed by atoms with Gasteiger partial charge in [-0.3, -0.25) is 4.79 Å². The van der Waals surface area contributed by atoms with Gasteiger partial charge in [0.15, 0.2) is 10.5 Å². The molecule has 1 aromatic heterocycles. The number of furan rings is 1. The topological polar surface area (TPSA) is 30.2 Å². The van der Waals surface area contributed by atoms with Crippen LogP contribution in [0.5, 0.6) is 0 Å². The third-order valence-corrected chi connectivity index (χ3v) is 4.76. The summed E-state index contributed by atoms with van der Waals surface area (Å²) in [5.41, 5.74) is 0. The molecule has 1 unspecified atom stereocenters. The number of carbonyl (C=O) groups excluding carboxylic acids is 1. The zero-order chi connectivity index (χ0) is 10.9. The van der Waals surface area contributed by atoms with Gasteiger partial charge in [-0.05, 0) is 53.6 Å². The molecule has 15 heavy (non-hydrogen) atoms. The van der Waals surface area contributed by atoms with Crippen molar-refractivity contribution >= 4 is 33.5 Å². The summed E-state index contributed by atoms with van der Waals surface area (Å²) in [5.74, 6) is 2.14. The quantitative estimate of drug-likeness (QED) is 0.854. The van der Waals surface area contributed by atoms with E-state index in [1.807, 2.05) is 19.1 Å². The van der Waals surface area contributed by atoms with Crippen molar-refractivity contribution in [3.8, 4) is 0 Å². The summed E-state index contributed by atoms with van der Waals surface area (Å²) in [4.78, 5) is 12.0. The first-order valence-electron chi connectivity index (χ1n) is 5.02. The van der Waals surface area contributed by atoms with Crippen LogP contribution in [0.2, 0.25) is 0 Å². The maximum atomic E-state index is 12.0. The van der Waals surface area contributed by atoms with Crippen molar-refractivity contribution < 1.29 is 9.21 Å². The summed E-state index contributed by atoms with van der Waals surface area (Å²) in [6, 6.07) is 3.68. The number of rotatable bonds is 3. The van der Waals surface area contributed by atoms with Crippen molar-refractivity contribution in [2.24, 2.45) is 0 Å². The Morgan fingerprint density at radius 2 is 2.47 bits per heavy atom. The summed E-state index contributed by atoms with van der Waals surface area (Å²) in [5, 5.41) is 0. The molecule has 0 aromatic carbocycles. The van der Waals surface area contributed by atoms with Crippen molar-refractivity contribution in [2.75, 3.05) is 5.75 Å². The molecule has 2 nitrogen and oxygen atoms in total. The van der Waals surface area contributed by atoms with E-state index in [1.165, 1.54) is 0 Å². The lowest BCUT2D eigenvalue weighted by atomic mass is 9.97. The highest BCUT2D eigenvalue weighted by Gasteiger charge is 2.36. The Kier molecular flexibility index (Phi) is 3.26. The Balaban J connectivity index is 2.03. The average molecular weight is 289 g/mol. The minimum atomic E-state index is -0.181. The predicted molar refractivity (Wildman–Crippen MR) is 65.2 cm³/mol. The Morgan fingerprint density at radius 3 is 3.00 bits per heavy atom. The zero-order valence-corrected chi connectivity index (χ0v) is 11.0. The van der Waals surface area contributed by atoms with Gasteiger partial charge in [0.2, 0.25) is 0 Å². The molecule has 0 radical (unpaired) electrons. The van der Waals surface area contributed by atoms with Crippen LogP contribution in [0.1, 0.15) is 25.5 Å². The molecule has 0 spiro atoms. The Bertz CT molecular complexity index is 366. The fraction of sp³-hybridized carbons (Fsp3) is 0.545. The molecule has 1 saturated heterocycles. The van der Waals surface area contributed by atoms with Gasteiger partial charge in [-0.2, -0.15) is 0 Å². The number of hydrogen-bond donors (Lipinski definition) is 0. The highest BCUT2D eigenvalue weighted by molar-refractivity contribution is 9.10. The lowest BCUT2D eigenvalue weighted by Gasteiger charge is -2.19. The molecule has 0 bridgehead atoms. The van der Waals surface area contributed by atoms with Gasteiger partial charge in [-0.1, -0.05) is 0 Å². The van der Waals surface area contributed by atoms with E-state index in [0.717, 1.165) is 24.4 Å². The summed E-state index contributed by atoms with van der Waals surface area (Å²) >= 11 is 5.01. The van der Waals surface area contributed by atoms with E-state index >= 15 is 0 Å². The van der Waals surface area contributed by atoms with Gasteiger partial charge in [0.1, 0.15) is 5.76 Å². The molecule has 82 valence electrons. The molecule has 0 saturated carbocycles. The number of Topliss-reactive ketones (excluding diaryl/α,β-unsaturated/α-hetero) is 1. The molecule has 1 aromatic rings. The fourth-order valence-corrected chi connectivity index (χ4v) is 3.39. The van der Waals surface area contributed by atoms with Crippen LogP contribution in [0.3, 0.4) is 0 Å². The maximum absolute atomic E-state index is 12.0. The number of hydrogen-bond acceptors (Lipinski definition) is 3. The first kappa shape index (κ1) is 11.3. The van der Waals surface area contributed by atoms with E-state index in [9.17, 15) is 4.79 Å². The number of halogens is 1. The second kappa shape index (κ2) is 4.34. The largest absolute Gasteiger partial charge is 0.454 e. The van der Waals surface area contributed by atoms with Gasteiger partial charge in [0.25, 0.3) is 0 Å². The third-order valence-electron chi connectivity index (χ3n) is 2.77. The van der Waals surface area contributed by atoms with Crippen molar-refractivity contribution in [3.05, 3.63) is 22.6 Å². The zero-order valence-electron chi connectivity index (χ0n) is 8.59. The number of thioether (sulfide) groups is 1. The minimum Gasteiger partial charge on any atom is -0.454 e. The Labute approximate surface area is 102 Å². The van der Waals surface area contributed by atoms with E-state index < -0.39 is 0 Å². The fourth-order valence-electron chi connectivity index (χ4n) is 1.79. The molecule has 2 heterocycles. The molecule has 4 heteroatoms. The van der Waals surface area contributed by atoms with E-state index in [0.29, 0.717) is 11.1 Å². The van der Waals surface area contributed by atoms with Gasteiger partial charge in [0, 0.05) is 0 Å². The molecule has 0 aliphatic carbocycles. The molecule has 1 aliphatic heterocycles. The number of ketones is 1. The summed E-state index contributed by atoms with van der Waals surface area (Å²) in [6.07, 6.45) is 2.56. The highest BCUT2D eigenvalue weighted by Crippen LogP contribution is 2.39. The molecule has 2 rings (SSSR count). The minimum absolute atomic E-state index is 0.181. The van der Waals surface area contributed by atoms with Crippen LogP contribution in [0, 0.1) is 0 Å². The SMILES string of the molecule is CC1(C(=O)Cc2ccc(Br)o2)CCCS1. The van der Waals surface area contributed by atoms with E-state index in [4.69, 9.17) is 4.42 Å². The van der Waals surface area contributed by atoms with Crippen LogP contribution in [0.25, 0.3) is 0 Å². The van der Waals surface area contributed by atoms with Crippen LogP contribution in [0.4, 0.5) is 0 Å². The molecule has 0 N–H and O–H groups in total. The maximum Gasteiger partial charge on any atom is 0.169 e. The lowest BCUT2D eigenvalue weighted by molar-refractivity contribution is -0.120. The van der Waals surface area contributed by atoms with Crippen molar-refractivity contribution in [2.45, 2.75) is 30.9 Å². The predicted octanol–water partition coefficient (Wildman–Crippen LogP) is 3.44. The molecular weight excluding hydrogens is 276 g/mol. The van der Waals surface area contributed by atoms with Crippen LogP contribution >= 0.6 is 27.7 Å². The summed E-state index contributed by atoms with van der Waals surface area (Å²) < 4.78 is 5.85. The molecular formula is C11H13BrO2S. The molecule has 1 fully saturated rings. The normalized spacial score (nSPS) is 25.7. The summed E-state index contributed by atoms with van der Waals surface area (Å²) in [6.45, 7) is 2.05. The van der Waals surface area contributed by atoms with Crippen LogP contribution in [-0.4, -0.2) is 16.3 Å². The van der Waals surface area contributed by atoms with E-state index in [-0.39, 0.29) is 10.5 Å². The monoisotopic (exact) mass is 288 g/mol. The number of carbonyl (C=O) groups is 1. The van der Waals surface area contributed by atoms with Gasteiger partial charge in [-0.25, -0.2) is 0 Å². The Morgan fingerprint density at radius 1 is 1.67 bits per heavy atom. The second-order valence-electron chi connectivity index (χ2n) is 3.99. The van der Waals surface area contributed by atoms with Gasteiger partial charge in [-0.15, -0.1) is 11.8 Å². The Hall–Kier alpha value is -0.220. The van der Waals surface area contributed by atoms with Crippen molar-refractivity contribution in [3.63, 3.8) is 0 Å². The summed E-state index contributed by atoms with van der Waals surface area (Å²) in [7, 11) is 0. The standard InChI is InChI=1S/C11H13BrO2S/c1-11(5-2-6-15-11)9(13)7-8-3-4-10(12)14-8/h3-4H,2,5-7H2,1H3. The van der Waals surface area contributed by atoms with Gasteiger partial charge >= 0.3 is 0 Å². The highest BCUT2D eigenvalue weighted by atomic mass is 79.9. The van der Waals surface area contributed by atoms with Gasteiger partial charge < -0.3 is 4.42 Å². The second-order valence-corrected chi connectivity index (χ2v) is 6.37. The van der Waals surface area contributed by atoms with Gasteiger partial charge in [0.05, 0.1) is 11.2 Å². The van der Waals surface area contributed by atoms with E-state index in [1.54, 1.807) is 11.8 Å².